The number of phenolic OH excluding ortho intramolecular Hbond substituents is 1. The van der Waals surface area contributed by atoms with Crippen LogP contribution in [0.25, 0.3) is 0 Å². The van der Waals surface area contributed by atoms with Crippen LogP contribution in [0.3, 0.4) is 0 Å². The number of hydrogen-bond donors (Lipinski definition) is 2. The summed E-state index contributed by atoms with van der Waals surface area (Å²) in [5.41, 5.74) is 0.563. The second-order valence-electron chi connectivity index (χ2n) is 7.65. The van der Waals surface area contributed by atoms with E-state index >= 15 is 0 Å². The van der Waals surface area contributed by atoms with Crippen LogP contribution in [0.2, 0.25) is 0 Å². The summed E-state index contributed by atoms with van der Waals surface area (Å²) in [5, 5.41) is 13.8. The van der Waals surface area contributed by atoms with Gasteiger partial charge in [-0.1, -0.05) is 28.1 Å². The summed E-state index contributed by atoms with van der Waals surface area (Å²) in [5.74, 6) is 0.225. The lowest BCUT2D eigenvalue weighted by Crippen LogP contribution is -2.80. The third-order valence-electron chi connectivity index (χ3n) is 6.66. The van der Waals surface area contributed by atoms with E-state index in [-0.39, 0.29) is 28.8 Å². The van der Waals surface area contributed by atoms with Crippen LogP contribution >= 0.6 is 15.9 Å². The quantitative estimate of drug-likeness (QED) is 0.701. The van der Waals surface area contributed by atoms with Crippen LogP contribution < -0.4 is 10.1 Å². The molecule has 2 heterocycles. The molecule has 0 aromatic heterocycles. The standard InChI is InChI=1S/C19H19BrN2O4/c1-22-7-6-18-15-10-2-3-11(23)16(15)26-17(18)12(24)4-5-19(18,13(22)8-10)21-14(25)9-20/h2-5,13,17,23H,6-9H2,1H3,(H,21,25)/t13-,17+,18+,19-/m1/s1. The molecule has 1 fully saturated rings. The summed E-state index contributed by atoms with van der Waals surface area (Å²) in [4.78, 5) is 27.5. The van der Waals surface area contributed by atoms with E-state index in [1.807, 2.05) is 12.1 Å². The number of likely N-dealkylation sites (tertiary alicyclic amines) is 1. The molecule has 136 valence electrons. The normalized spacial score (nSPS) is 36.5. The molecule has 1 aromatic rings. The van der Waals surface area contributed by atoms with Crippen molar-refractivity contribution in [1.82, 2.24) is 10.2 Å². The summed E-state index contributed by atoms with van der Waals surface area (Å²) >= 11 is 3.24. The molecule has 0 unspecified atom stereocenters. The number of hydrogen-bond acceptors (Lipinski definition) is 5. The van der Waals surface area contributed by atoms with E-state index in [4.69, 9.17) is 4.74 Å². The fourth-order valence-corrected chi connectivity index (χ4v) is 5.81. The van der Waals surface area contributed by atoms with Gasteiger partial charge in [-0.3, -0.25) is 9.59 Å². The Morgan fingerprint density at radius 1 is 1.50 bits per heavy atom. The fourth-order valence-electron chi connectivity index (χ4n) is 5.67. The van der Waals surface area contributed by atoms with E-state index in [0.29, 0.717) is 12.2 Å². The zero-order valence-electron chi connectivity index (χ0n) is 14.3. The maximum absolute atomic E-state index is 12.8. The van der Waals surface area contributed by atoms with Crippen molar-refractivity contribution in [3.8, 4) is 11.5 Å². The summed E-state index contributed by atoms with van der Waals surface area (Å²) in [7, 11) is 2.06. The molecule has 0 saturated carbocycles. The number of alkyl halides is 1. The fraction of sp³-hybridized carbons (Fsp3) is 0.474. The molecule has 5 rings (SSSR count). The van der Waals surface area contributed by atoms with Gasteiger partial charge in [0.25, 0.3) is 0 Å². The maximum atomic E-state index is 12.8. The van der Waals surface area contributed by atoms with Crippen molar-refractivity contribution in [3.05, 3.63) is 35.4 Å². The number of piperidine rings is 1. The number of halogens is 1. The van der Waals surface area contributed by atoms with Gasteiger partial charge in [0.2, 0.25) is 5.91 Å². The number of carbonyl (C=O) groups is 2. The molecule has 4 aliphatic rings. The molecule has 2 bridgehead atoms. The predicted molar refractivity (Wildman–Crippen MR) is 97.8 cm³/mol. The zero-order chi connectivity index (χ0) is 18.3. The Labute approximate surface area is 159 Å². The lowest BCUT2D eigenvalue weighted by Gasteiger charge is -2.62. The molecule has 1 aromatic carbocycles. The lowest BCUT2D eigenvalue weighted by molar-refractivity contribution is -0.134. The molecule has 4 atom stereocenters. The highest BCUT2D eigenvalue weighted by molar-refractivity contribution is 9.09. The smallest absolute Gasteiger partial charge is 0.231 e. The molecule has 1 saturated heterocycles. The number of benzene rings is 1. The van der Waals surface area contributed by atoms with E-state index < -0.39 is 17.1 Å². The highest BCUT2D eigenvalue weighted by atomic mass is 79.9. The minimum absolute atomic E-state index is 0.0118. The van der Waals surface area contributed by atoms with E-state index in [2.05, 4.69) is 33.2 Å². The van der Waals surface area contributed by atoms with E-state index in [0.717, 1.165) is 24.1 Å². The van der Waals surface area contributed by atoms with Crippen LogP contribution in [0.4, 0.5) is 0 Å². The number of carbonyl (C=O) groups excluding carboxylic acids is 2. The Hall–Kier alpha value is -1.86. The van der Waals surface area contributed by atoms with Crippen molar-refractivity contribution in [1.29, 1.82) is 0 Å². The van der Waals surface area contributed by atoms with Gasteiger partial charge >= 0.3 is 0 Å². The van der Waals surface area contributed by atoms with Gasteiger partial charge in [0, 0.05) is 11.6 Å². The van der Waals surface area contributed by atoms with Crippen molar-refractivity contribution in [3.63, 3.8) is 0 Å². The van der Waals surface area contributed by atoms with E-state index in [1.165, 1.54) is 6.08 Å². The first-order chi connectivity index (χ1) is 12.4. The average molecular weight is 419 g/mol. The van der Waals surface area contributed by atoms with Gasteiger partial charge in [0.1, 0.15) is 0 Å². The Morgan fingerprint density at radius 3 is 3.08 bits per heavy atom. The highest BCUT2D eigenvalue weighted by Gasteiger charge is 2.72. The van der Waals surface area contributed by atoms with Crippen molar-refractivity contribution >= 4 is 27.6 Å². The van der Waals surface area contributed by atoms with Crippen LogP contribution in [-0.4, -0.2) is 58.3 Å². The number of nitrogens with one attached hydrogen (secondary N) is 1. The molecular formula is C19H19BrN2O4. The molecule has 1 amide bonds. The summed E-state index contributed by atoms with van der Waals surface area (Å²) in [6.07, 6.45) is 4.09. The van der Waals surface area contributed by atoms with Crippen molar-refractivity contribution in [2.45, 2.75) is 35.9 Å². The average Bonchev–Trinajstić information content (AvgIpc) is 2.99. The second-order valence-corrected chi connectivity index (χ2v) is 8.21. The van der Waals surface area contributed by atoms with Crippen molar-refractivity contribution < 1.29 is 19.4 Å². The first-order valence-corrected chi connectivity index (χ1v) is 9.89. The molecule has 7 heteroatoms. The Balaban J connectivity index is 1.85. The van der Waals surface area contributed by atoms with Crippen LogP contribution in [0, 0.1) is 0 Å². The van der Waals surface area contributed by atoms with E-state index in [1.54, 1.807) is 6.07 Å². The van der Waals surface area contributed by atoms with Crippen LogP contribution in [-0.2, 0) is 21.4 Å². The minimum atomic E-state index is -0.741. The predicted octanol–water partition coefficient (Wildman–Crippen LogP) is 1.04. The van der Waals surface area contributed by atoms with Gasteiger partial charge in [-0.05, 0) is 44.1 Å². The first-order valence-electron chi connectivity index (χ1n) is 8.77. The van der Waals surface area contributed by atoms with Gasteiger partial charge in [-0.25, -0.2) is 0 Å². The number of likely N-dealkylation sites (N-methyl/N-ethyl adjacent to an activating group) is 1. The number of ketones is 1. The number of ether oxygens (including phenoxy) is 1. The Kier molecular flexibility index (Phi) is 3.20. The van der Waals surface area contributed by atoms with Crippen molar-refractivity contribution in [2.24, 2.45) is 0 Å². The monoisotopic (exact) mass is 418 g/mol. The molecule has 0 radical (unpaired) electrons. The zero-order valence-corrected chi connectivity index (χ0v) is 15.9. The number of nitrogens with zero attached hydrogens (tertiary/aromatic N) is 1. The lowest BCUT2D eigenvalue weighted by atomic mass is 9.49. The minimum Gasteiger partial charge on any atom is -0.504 e. The third kappa shape index (κ3) is 1.66. The number of phenols is 1. The topological polar surface area (TPSA) is 78.9 Å². The summed E-state index contributed by atoms with van der Waals surface area (Å²) in [6, 6.07) is 3.57. The van der Waals surface area contributed by atoms with Gasteiger partial charge in [0.05, 0.1) is 16.3 Å². The molecule has 1 spiro atoms. The number of amides is 1. The molecule has 6 nitrogen and oxygen atoms in total. The van der Waals surface area contributed by atoms with Gasteiger partial charge in [-0.15, -0.1) is 0 Å². The van der Waals surface area contributed by atoms with Crippen LogP contribution in [0.15, 0.2) is 24.3 Å². The highest BCUT2D eigenvalue weighted by Crippen LogP contribution is 2.63. The number of rotatable bonds is 2. The van der Waals surface area contributed by atoms with Crippen LogP contribution in [0.5, 0.6) is 11.5 Å². The number of aromatic hydroxyl groups is 1. The first kappa shape index (κ1) is 16.3. The molecule has 26 heavy (non-hydrogen) atoms. The van der Waals surface area contributed by atoms with Crippen LogP contribution in [0.1, 0.15) is 17.5 Å². The third-order valence-corrected chi connectivity index (χ3v) is 7.17. The molecule has 2 N–H and O–H groups in total. The summed E-state index contributed by atoms with van der Waals surface area (Å²) < 4.78 is 6.06. The van der Waals surface area contributed by atoms with Gasteiger partial charge in [0.15, 0.2) is 23.4 Å². The SMILES string of the molecule is CN1CC[C@]23c4c5ccc(O)c4O[C@H]2C(=O)C=C[C@@]3(NC(=O)CBr)[C@H]1C5. The Morgan fingerprint density at radius 2 is 2.31 bits per heavy atom. The molecule has 2 aliphatic heterocycles. The Bertz CT molecular complexity index is 885. The molecule has 2 aliphatic carbocycles. The second kappa shape index (κ2) is 5.10. The summed E-state index contributed by atoms with van der Waals surface area (Å²) in [6.45, 7) is 0.798. The van der Waals surface area contributed by atoms with Gasteiger partial charge < -0.3 is 20.1 Å². The van der Waals surface area contributed by atoms with E-state index in [9.17, 15) is 14.7 Å². The van der Waals surface area contributed by atoms with Gasteiger partial charge in [-0.2, -0.15) is 0 Å². The van der Waals surface area contributed by atoms with Crippen molar-refractivity contribution in [2.75, 3.05) is 18.9 Å². The largest absolute Gasteiger partial charge is 0.504 e. The maximum Gasteiger partial charge on any atom is 0.231 e. The molecular weight excluding hydrogens is 400 g/mol.